The van der Waals surface area contributed by atoms with Gasteiger partial charge in [-0.15, -0.1) is 13.2 Å². The van der Waals surface area contributed by atoms with Gasteiger partial charge in [0.2, 0.25) is 0 Å². The first kappa shape index (κ1) is 14.5. The minimum absolute atomic E-state index is 0.102. The van der Waals surface area contributed by atoms with E-state index in [0.717, 1.165) is 32.1 Å². The van der Waals surface area contributed by atoms with Gasteiger partial charge in [0.1, 0.15) is 5.78 Å². The van der Waals surface area contributed by atoms with Crippen LogP contribution in [0.3, 0.4) is 0 Å². The third kappa shape index (κ3) is 2.98. The number of rotatable bonds is 7. The first-order chi connectivity index (χ1) is 9.23. The van der Waals surface area contributed by atoms with Crippen LogP contribution in [-0.4, -0.2) is 24.8 Å². The van der Waals surface area contributed by atoms with Crippen molar-refractivity contribution in [3.63, 3.8) is 0 Å². The molecule has 0 radical (unpaired) electrons. The molecule has 19 heavy (non-hydrogen) atoms. The summed E-state index contributed by atoms with van der Waals surface area (Å²) in [5.74, 6) is -0.114. The van der Waals surface area contributed by atoms with Crippen LogP contribution in [0.2, 0.25) is 0 Å². The molecule has 0 unspecified atom stereocenters. The molecule has 0 aromatic heterocycles. The van der Waals surface area contributed by atoms with Crippen LogP contribution in [0.15, 0.2) is 25.3 Å². The van der Waals surface area contributed by atoms with Crippen molar-refractivity contribution in [2.75, 3.05) is 13.2 Å². The van der Waals surface area contributed by atoms with Crippen LogP contribution in [-0.2, 0) is 14.3 Å². The summed E-state index contributed by atoms with van der Waals surface area (Å²) in [6.07, 6.45) is 8.91. The summed E-state index contributed by atoms with van der Waals surface area (Å²) >= 11 is 0. The van der Waals surface area contributed by atoms with Gasteiger partial charge in [0.15, 0.2) is 5.79 Å². The molecule has 0 amide bonds. The molecule has 0 spiro atoms. The fraction of sp³-hybridized carbons (Fsp3) is 0.688. The van der Waals surface area contributed by atoms with Crippen molar-refractivity contribution in [3.8, 4) is 0 Å². The Bertz CT molecular complexity index is 342. The third-order valence-corrected chi connectivity index (χ3v) is 4.27. The van der Waals surface area contributed by atoms with Crippen LogP contribution < -0.4 is 0 Å². The first-order valence-electron chi connectivity index (χ1n) is 7.26. The van der Waals surface area contributed by atoms with Gasteiger partial charge in [-0.1, -0.05) is 12.2 Å². The van der Waals surface area contributed by atoms with E-state index in [9.17, 15) is 4.79 Å². The van der Waals surface area contributed by atoms with E-state index in [1.807, 2.05) is 12.2 Å². The molecular weight excluding hydrogens is 240 g/mol. The molecule has 1 saturated carbocycles. The van der Waals surface area contributed by atoms with Crippen molar-refractivity contribution in [2.24, 2.45) is 11.8 Å². The Hall–Kier alpha value is -0.930. The number of Topliss-reactive ketones (excluding diaryl/α,β-unsaturated/α-hetero) is 1. The van der Waals surface area contributed by atoms with Crippen molar-refractivity contribution in [1.29, 1.82) is 0 Å². The molecule has 106 valence electrons. The largest absolute Gasteiger partial charge is 0.347 e. The van der Waals surface area contributed by atoms with Gasteiger partial charge in [-0.2, -0.15) is 0 Å². The molecule has 1 aliphatic carbocycles. The van der Waals surface area contributed by atoms with Gasteiger partial charge in [-0.25, -0.2) is 0 Å². The number of hydrogen-bond donors (Lipinski definition) is 0. The van der Waals surface area contributed by atoms with Gasteiger partial charge in [0.25, 0.3) is 0 Å². The number of ether oxygens (including phenoxy) is 2. The standard InChI is InChI=1S/C16H24O3/c1-3-5-7-13-8-9-14(17)15(13)16(10-6-4-2)18-11-12-19-16/h3-4,13,15H,1-2,5-12H2/t13-,15+/m1/s1. The Morgan fingerprint density at radius 3 is 2.53 bits per heavy atom. The third-order valence-electron chi connectivity index (χ3n) is 4.27. The maximum atomic E-state index is 12.3. The Morgan fingerprint density at radius 1 is 1.21 bits per heavy atom. The Kier molecular flexibility index (Phi) is 4.94. The van der Waals surface area contributed by atoms with E-state index in [4.69, 9.17) is 9.47 Å². The van der Waals surface area contributed by atoms with Crippen molar-refractivity contribution in [3.05, 3.63) is 25.3 Å². The smallest absolute Gasteiger partial charge is 0.178 e. The van der Waals surface area contributed by atoms with Crippen molar-refractivity contribution >= 4 is 5.78 Å². The van der Waals surface area contributed by atoms with Crippen LogP contribution in [0.25, 0.3) is 0 Å². The van der Waals surface area contributed by atoms with Crippen LogP contribution in [0.1, 0.15) is 38.5 Å². The van der Waals surface area contributed by atoms with E-state index in [-0.39, 0.29) is 5.92 Å². The lowest BCUT2D eigenvalue weighted by molar-refractivity contribution is -0.206. The average molecular weight is 264 g/mol. The summed E-state index contributed by atoms with van der Waals surface area (Å²) in [6, 6.07) is 0. The molecule has 3 nitrogen and oxygen atoms in total. The van der Waals surface area contributed by atoms with Crippen LogP contribution in [0.4, 0.5) is 0 Å². The van der Waals surface area contributed by atoms with Gasteiger partial charge in [0, 0.05) is 12.8 Å². The second-order valence-corrected chi connectivity index (χ2v) is 5.44. The second kappa shape index (κ2) is 6.49. The summed E-state index contributed by atoms with van der Waals surface area (Å²) in [7, 11) is 0. The van der Waals surface area contributed by atoms with Gasteiger partial charge in [-0.3, -0.25) is 4.79 Å². The SMILES string of the molecule is C=CCC[C@@H]1CCC(=O)[C@H]1C1(CCC=C)OCCO1. The van der Waals surface area contributed by atoms with Crippen molar-refractivity contribution in [2.45, 2.75) is 44.3 Å². The predicted octanol–water partition coefficient (Wildman–Crippen LogP) is 3.26. The molecule has 1 aliphatic heterocycles. The first-order valence-corrected chi connectivity index (χ1v) is 7.26. The number of carbonyl (C=O) groups is 1. The highest BCUT2D eigenvalue weighted by molar-refractivity contribution is 5.84. The lowest BCUT2D eigenvalue weighted by Crippen LogP contribution is -2.44. The molecular formula is C16H24O3. The molecule has 0 aromatic carbocycles. The fourth-order valence-electron chi connectivity index (χ4n) is 3.41. The quantitative estimate of drug-likeness (QED) is 0.662. The molecule has 2 fully saturated rings. The van der Waals surface area contributed by atoms with E-state index in [1.54, 1.807) is 0 Å². The number of hydrogen-bond acceptors (Lipinski definition) is 3. The van der Waals surface area contributed by atoms with Crippen LogP contribution in [0.5, 0.6) is 0 Å². The maximum Gasteiger partial charge on any atom is 0.178 e. The highest BCUT2D eigenvalue weighted by Gasteiger charge is 2.52. The number of carbonyl (C=O) groups excluding carboxylic acids is 1. The normalized spacial score (nSPS) is 29.6. The minimum atomic E-state index is -0.687. The summed E-state index contributed by atoms with van der Waals surface area (Å²) in [4.78, 5) is 12.3. The predicted molar refractivity (Wildman–Crippen MR) is 74.7 cm³/mol. The monoisotopic (exact) mass is 264 g/mol. The number of allylic oxidation sites excluding steroid dienone is 2. The Balaban J connectivity index is 2.14. The van der Waals surface area contributed by atoms with Gasteiger partial charge in [-0.05, 0) is 31.6 Å². The zero-order valence-corrected chi connectivity index (χ0v) is 11.6. The molecule has 3 heteroatoms. The van der Waals surface area contributed by atoms with E-state index in [2.05, 4.69) is 13.2 Å². The summed E-state index contributed by atoms with van der Waals surface area (Å²) < 4.78 is 11.8. The van der Waals surface area contributed by atoms with E-state index < -0.39 is 5.79 Å². The van der Waals surface area contributed by atoms with Gasteiger partial charge < -0.3 is 9.47 Å². The summed E-state index contributed by atoms with van der Waals surface area (Å²) in [6.45, 7) is 8.71. The molecule has 2 atom stereocenters. The van der Waals surface area contributed by atoms with E-state index >= 15 is 0 Å². The van der Waals surface area contributed by atoms with Crippen LogP contribution >= 0.6 is 0 Å². The molecule has 1 saturated heterocycles. The molecule has 0 bridgehead atoms. The van der Waals surface area contributed by atoms with Gasteiger partial charge >= 0.3 is 0 Å². The highest BCUT2D eigenvalue weighted by Crippen LogP contribution is 2.45. The minimum Gasteiger partial charge on any atom is -0.347 e. The topological polar surface area (TPSA) is 35.5 Å². The maximum absolute atomic E-state index is 12.3. The van der Waals surface area contributed by atoms with Crippen molar-refractivity contribution in [1.82, 2.24) is 0 Å². The number of ketones is 1. The average Bonchev–Trinajstić information content (AvgIpc) is 3.01. The fourth-order valence-corrected chi connectivity index (χ4v) is 3.41. The zero-order valence-electron chi connectivity index (χ0n) is 11.6. The Morgan fingerprint density at radius 2 is 1.89 bits per heavy atom. The lowest BCUT2D eigenvalue weighted by Gasteiger charge is -2.35. The zero-order chi connectivity index (χ0) is 13.7. The molecule has 2 rings (SSSR count). The lowest BCUT2D eigenvalue weighted by atomic mass is 9.82. The molecule has 0 N–H and O–H groups in total. The molecule has 0 aromatic rings. The van der Waals surface area contributed by atoms with E-state index in [1.165, 1.54) is 0 Å². The van der Waals surface area contributed by atoms with Gasteiger partial charge in [0.05, 0.1) is 19.1 Å². The highest BCUT2D eigenvalue weighted by atomic mass is 16.7. The summed E-state index contributed by atoms with van der Waals surface area (Å²) in [5.41, 5.74) is 0. The van der Waals surface area contributed by atoms with Crippen molar-refractivity contribution < 1.29 is 14.3 Å². The molecule has 1 heterocycles. The Labute approximate surface area is 115 Å². The van der Waals surface area contributed by atoms with Crippen LogP contribution in [0, 0.1) is 11.8 Å². The second-order valence-electron chi connectivity index (χ2n) is 5.44. The summed E-state index contributed by atoms with van der Waals surface area (Å²) in [5, 5.41) is 0. The van der Waals surface area contributed by atoms with E-state index in [0.29, 0.717) is 31.3 Å². The molecule has 2 aliphatic rings.